The van der Waals surface area contributed by atoms with E-state index in [0.717, 1.165) is 4.57 Å². The highest BCUT2D eigenvalue weighted by atomic mass is 16.6. The van der Waals surface area contributed by atoms with Crippen LogP contribution in [0.3, 0.4) is 0 Å². The molecule has 1 aromatic heterocycles. The Balaban J connectivity index is 2.98. The maximum absolute atomic E-state index is 12.0. The van der Waals surface area contributed by atoms with Crippen LogP contribution in [0.5, 0.6) is 0 Å². The van der Waals surface area contributed by atoms with Crippen molar-refractivity contribution in [3.63, 3.8) is 0 Å². The highest BCUT2D eigenvalue weighted by molar-refractivity contribution is 5.67. The molecule has 1 rings (SSSR count). The molecule has 0 aliphatic carbocycles. The van der Waals surface area contributed by atoms with E-state index in [-0.39, 0.29) is 6.54 Å². The fourth-order valence-corrected chi connectivity index (χ4v) is 1.65. The van der Waals surface area contributed by atoms with Crippen molar-refractivity contribution in [3.8, 4) is 0 Å². The minimum atomic E-state index is -0.597. The normalized spacial score (nSPS) is 11.3. The second-order valence-corrected chi connectivity index (χ2v) is 5.75. The van der Waals surface area contributed by atoms with Crippen LogP contribution in [0.4, 0.5) is 4.79 Å². The minimum absolute atomic E-state index is 0.0791. The highest BCUT2D eigenvalue weighted by Crippen LogP contribution is 2.10. The number of hydrogen-bond acceptors (Lipinski definition) is 4. The number of amides is 1. The van der Waals surface area contributed by atoms with E-state index in [4.69, 9.17) is 4.74 Å². The van der Waals surface area contributed by atoms with E-state index in [1.807, 2.05) is 0 Å². The van der Waals surface area contributed by atoms with Crippen molar-refractivity contribution in [1.29, 1.82) is 0 Å². The molecule has 0 fully saturated rings. The zero-order valence-electron chi connectivity index (χ0n) is 12.8. The first kappa shape index (κ1) is 16.0. The molecule has 7 nitrogen and oxygen atoms in total. The number of carbonyl (C=O) groups is 1. The van der Waals surface area contributed by atoms with Crippen LogP contribution in [0.2, 0.25) is 0 Å². The summed E-state index contributed by atoms with van der Waals surface area (Å²) < 4.78 is 7.52. The molecule has 1 amide bonds. The third-order valence-electron chi connectivity index (χ3n) is 2.63. The third-order valence-corrected chi connectivity index (χ3v) is 2.63. The molecule has 0 saturated heterocycles. The van der Waals surface area contributed by atoms with E-state index < -0.39 is 22.9 Å². The average molecular weight is 283 g/mol. The van der Waals surface area contributed by atoms with Gasteiger partial charge in [-0.3, -0.25) is 9.36 Å². The maximum atomic E-state index is 12.0. The van der Waals surface area contributed by atoms with Gasteiger partial charge in [-0.05, 0) is 20.8 Å². The average Bonchev–Trinajstić information content (AvgIpc) is 2.31. The summed E-state index contributed by atoms with van der Waals surface area (Å²) in [6.07, 6.45) is 0.916. The summed E-state index contributed by atoms with van der Waals surface area (Å²) in [4.78, 5) is 36.7. The number of hydrogen-bond donors (Lipinski definition) is 0. The number of aryl methyl sites for hydroxylation is 1. The molecule has 112 valence electrons. The van der Waals surface area contributed by atoms with Crippen LogP contribution in [-0.2, 0) is 25.4 Å². The van der Waals surface area contributed by atoms with E-state index in [1.54, 1.807) is 34.9 Å². The van der Waals surface area contributed by atoms with E-state index in [1.165, 1.54) is 22.7 Å². The summed E-state index contributed by atoms with van der Waals surface area (Å²) >= 11 is 0. The topological polar surface area (TPSA) is 73.5 Å². The Morgan fingerprint density at radius 3 is 2.35 bits per heavy atom. The fraction of sp³-hybridized carbons (Fsp3) is 0.615. The van der Waals surface area contributed by atoms with Crippen molar-refractivity contribution < 1.29 is 9.53 Å². The van der Waals surface area contributed by atoms with Crippen molar-refractivity contribution in [3.05, 3.63) is 32.6 Å². The van der Waals surface area contributed by atoms with E-state index >= 15 is 0 Å². The Bertz CT molecular complexity index is 622. The van der Waals surface area contributed by atoms with Gasteiger partial charge in [-0.15, -0.1) is 0 Å². The van der Waals surface area contributed by atoms with E-state index in [9.17, 15) is 14.4 Å². The molecular formula is C13H21N3O4. The van der Waals surface area contributed by atoms with Crippen LogP contribution in [0.15, 0.2) is 15.8 Å². The van der Waals surface area contributed by atoms with Gasteiger partial charge in [-0.2, -0.15) is 0 Å². The van der Waals surface area contributed by atoms with E-state index in [2.05, 4.69) is 0 Å². The van der Waals surface area contributed by atoms with Gasteiger partial charge in [-0.1, -0.05) is 0 Å². The summed E-state index contributed by atoms with van der Waals surface area (Å²) in [7, 11) is 4.50. The largest absolute Gasteiger partial charge is 0.444 e. The lowest BCUT2D eigenvalue weighted by atomic mass is 10.2. The van der Waals surface area contributed by atoms with Crippen LogP contribution in [0.25, 0.3) is 0 Å². The van der Waals surface area contributed by atoms with Crippen LogP contribution < -0.4 is 11.2 Å². The number of rotatable bonds is 2. The standard InChI is InChI=1S/C13H21N3O4/c1-13(2,3)20-12(19)15(5)8-9-7-14(4)11(18)16(6)10(9)17/h7H,8H2,1-6H3. The van der Waals surface area contributed by atoms with Gasteiger partial charge in [0.25, 0.3) is 5.56 Å². The van der Waals surface area contributed by atoms with Crippen molar-refractivity contribution >= 4 is 6.09 Å². The van der Waals surface area contributed by atoms with E-state index in [0.29, 0.717) is 5.56 Å². The smallest absolute Gasteiger partial charge is 0.410 e. The number of nitrogens with zero attached hydrogens (tertiary/aromatic N) is 3. The predicted molar refractivity (Wildman–Crippen MR) is 74.6 cm³/mol. The Hall–Kier alpha value is -2.05. The van der Waals surface area contributed by atoms with Gasteiger partial charge >= 0.3 is 11.8 Å². The molecule has 20 heavy (non-hydrogen) atoms. The van der Waals surface area contributed by atoms with Gasteiger partial charge in [-0.25, -0.2) is 9.59 Å². The number of aromatic nitrogens is 2. The predicted octanol–water partition coefficient (Wildman–Crippen LogP) is 0.451. The maximum Gasteiger partial charge on any atom is 0.410 e. The second kappa shape index (κ2) is 5.52. The second-order valence-electron chi connectivity index (χ2n) is 5.75. The lowest BCUT2D eigenvalue weighted by Gasteiger charge is -2.24. The SMILES string of the molecule is CN(Cc1cn(C)c(=O)n(C)c1=O)C(=O)OC(C)(C)C. The summed E-state index contributed by atoms with van der Waals surface area (Å²) in [5, 5.41) is 0. The molecule has 0 aliphatic heterocycles. The zero-order valence-corrected chi connectivity index (χ0v) is 12.8. The first-order valence-corrected chi connectivity index (χ1v) is 6.22. The monoisotopic (exact) mass is 283 g/mol. The first-order chi connectivity index (χ1) is 9.03. The molecule has 0 bridgehead atoms. The molecule has 0 atom stereocenters. The molecule has 0 unspecified atom stereocenters. The molecule has 0 aliphatic rings. The minimum Gasteiger partial charge on any atom is -0.444 e. The summed E-state index contributed by atoms with van der Waals surface area (Å²) in [6.45, 7) is 5.38. The van der Waals surface area contributed by atoms with Crippen molar-refractivity contribution in [2.75, 3.05) is 7.05 Å². The van der Waals surface area contributed by atoms with Crippen molar-refractivity contribution in [1.82, 2.24) is 14.0 Å². The van der Waals surface area contributed by atoms with Crippen LogP contribution >= 0.6 is 0 Å². The third kappa shape index (κ3) is 3.72. The van der Waals surface area contributed by atoms with Gasteiger partial charge in [0.05, 0.1) is 12.1 Å². The quantitative estimate of drug-likeness (QED) is 0.790. The Morgan fingerprint density at radius 1 is 1.30 bits per heavy atom. The zero-order chi connectivity index (χ0) is 15.7. The Kier molecular flexibility index (Phi) is 4.42. The highest BCUT2D eigenvalue weighted by Gasteiger charge is 2.20. The molecule has 1 aromatic rings. The molecule has 0 radical (unpaired) electrons. The summed E-state index contributed by atoms with van der Waals surface area (Å²) in [5.74, 6) is 0. The van der Waals surface area contributed by atoms with Crippen LogP contribution in [-0.4, -0.2) is 32.8 Å². The molecular weight excluding hydrogens is 262 g/mol. The van der Waals surface area contributed by atoms with Crippen LogP contribution in [0.1, 0.15) is 26.3 Å². The van der Waals surface area contributed by atoms with Crippen molar-refractivity contribution in [2.45, 2.75) is 32.9 Å². The van der Waals surface area contributed by atoms with Crippen LogP contribution in [0, 0.1) is 0 Å². The summed E-state index contributed by atoms with van der Waals surface area (Å²) in [5.41, 5.74) is -1.06. The fourth-order valence-electron chi connectivity index (χ4n) is 1.65. The Morgan fingerprint density at radius 2 is 1.85 bits per heavy atom. The summed E-state index contributed by atoms with van der Waals surface area (Å²) in [6, 6.07) is 0. The molecule has 0 aromatic carbocycles. The van der Waals surface area contributed by atoms with Gasteiger partial charge < -0.3 is 14.2 Å². The number of carbonyl (C=O) groups excluding carboxylic acids is 1. The number of ether oxygens (including phenoxy) is 1. The molecule has 0 N–H and O–H groups in total. The molecule has 0 spiro atoms. The lowest BCUT2D eigenvalue weighted by Crippen LogP contribution is -2.41. The van der Waals surface area contributed by atoms with Gasteiger partial charge in [0.1, 0.15) is 5.60 Å². The molecule has 1 heterocycles. The van der Waals surface area contributed by atoms with Gasteiger partial charge in [0.15, 0.2) is 0 Å². The van der Waals surface area contributed by atoms with Crippen molar-refractivity contribution in [2.24, 2.45) is 14.1 Å². The lowest BCUT2D eigenvalue weighted by molar-refractivity contribution is 0.0284. The van der Waals surface area contributed by atoms with Gasteiger partial charge in [0.2, 0.25) is 0 Å². The first-order valence-electron chi connectivity index (χ1n) is 6.22. The Labute approximate surface area is 117 Å². The molecule has 7 heteroatoms. The molecule has 0 saturated carbocycles. The van der Waals surface area contributed by atoms with Gasteiger partial charge in [0, 0.05) is 27.3 Å².